The predicted molar refractivity (Wildman–Crippen MR) is 88.4 cm³/mol. The topological polar surface area (TPSA) is 51.4 Å². The van der Waals surface area contributed by atoms with Crippen molar-refractivity contribution in [1.29, 1.82) is 0 Å². The highest BCUT2D eigenvalue weighted by molar-refractivity contribution is 7.11. The molecule has 112 valence electrons. The van der Waals surface area contributed by atoms with Crippen molar-refractivity contribution in [3.8, 4) is 5.75 Å². The van der Waals surface area contributed by atoms with Crippen LogP contribution < -0.4 is 15.4 Å². The molecule has 2 N–H and O–H groups in total. The normalized spacial score (nSPS) is 14.9. The Morgan fingerprint density at radius 2 is 1.81 bits per heavy atom. The third-order valence-electron chi connectivity index (χ3n) is 3.72. The van der Waals surface area contributed by atoms with Gasteiger partial charge in [-0.3, -0.25) is 0 Å². The summed E-state index contributed by atoms with van der Waals surface area (Å²) in [6.45, 7) is 5.98. The molecule has 21 heavy (non-hydrogen) atoms. The second-order valence-corrected chi connectivity index (χ2v) is 6.38. The second-order valence-electron chi connectivity index (χ2n) is 5.62. The Kier molecular flexibility index (Phi) is 4.01. The van der Waals surface area contributed by atoms with E-state index in [0.29, 0.717) is 5.82 Å². The summed E-state index contributed by atoms with van der Waals surface area (Å²) in [5, 5.41) is 1.06. The SMILES string of the molecule is CC(C)Oc1c(N)nsc1N1CCc2ccccc2CC1. The number of anilines is 2. The second kappa shape index (κ2) is 5.93. The average Bonchev–Trinajstić information content (AvgIpc) is 2.71. The van der Waals surface area contributed by atoms with Crippen LogP contribution in [0.4, 0.5) is 10.8 Å². The first-order chi connectivity index (χ1) is 10.1. The van der Waals surface area contributed by atoms with Gasteiger partial charge in [0.1, 0.15) is 0 Å². The maximum Gasteiger partial charge on any atom is 0.198 e. The minimum Gasteiger partial charge on any atom is -0.484 e. The van der Waals surface area contributed by atoms with E-state index in [1.54, 1.807) is 0 Å². The number of ether oxygens (including phenoxy) is 1. The van der Waals surface area contributed by atoms with Gasteiger partial charge in [-0.2, -0.15) is 4.37 Å². The predicted octanol–water partition coefficient (Wildman–Crippen LogP) is 3.12. The van der Waals surface area contributed by atoms with Crippen molar-refractivity contribution < 1.29 is 4.74 Å². The molecule has 3 rings (SSSR count). The number of hydrogen-bond donors (Lipinski definition) is 1. The van der Waals surface area contributed by atoms with Crippen molar-refractivity contribution in [2.75, 3.05) is 23.7 Å². The zero-order valence-electron chi connectivity index (χ0n) is 12.5. The molecule has 5 heteroatoms. The zero-order valence-corrected chi connectivity index (χ0v) is 13.3. The first kappa shape index (κ1) is 14.2. The summed E-state index contributed by atoms with van der Waals surface area (Å²) < 4.78 is 10.1. The van der Waals surface area contributed by atoms with Crippen LogP contribution in [0.25, 0.3) is 0 Å². The van der Waals surface area contributed by atoms with Crippen molar-refractivity contribution >= 4 is 22.4 Å². The van der Waals surface area contributed by atoms with Gasteiger partial charge in [0.15, 0.2) is 16.6 Å². The zero-order chi connectivity index (χ0) is 14.8. The van der Waals surface area contributed by atoms with E-state index in [2.05, 4.69) is 33.5 Å². The Bertz CT molecular complexity index is 597. The Balaban J connectivity index is 1.83. The molecule has 0 unspecified atom stereocenters. The lowest BCUT2D eigenvalue weighted by Gasteiger charge is -2.22. The smallest absolute Gasteiger partial charge is 0.198 e. The van der Waals surface area contributed by atoms with Crippen LogP contribution in [0.1, 0.15) is 25.0 Å². The molecule has 0 fully saturated rings. The number of nitrogens with two attached hydrogens (primary N) is 1. The molecule has 1 aromatic carbocycles. The Labute approximate surface area is 129 Å². The summed E-state index contributed by atoms with van der Waals surface area (Å²) in [7, 11) is 0. The third kappa shape index (κ3) is 2.97. The molecule has 0 saturated heterocycles. The molecule has 0 aliphatic carbocycles. The van der Waals surface area contributed by atoms with Crippen LogP contribution in [0, 0.1) is 0 Å². The quantitative estimate of drug-likeness (QED) is 0.946. The van der Waals surface area contributed by atoms with Gasteiger partial charge < -0.3 is 15.4 Å². The fourth-order valence-corrected chi connectivity index (χ4v) is 3.51. The van der Waals surface area contributed by atoms with Crippen molar-refractivity contribution in [2.45, 2.75) is 32.8 Å². The molecule has 0 bridgehead atoms. The van der Waals surface area contributed by atoms with E-state index in [0.717, 1.165) is 36.7 Å². The van der Waals surface area contributed by atoms with Crippen molar-refractivity contribution in [1.82, 2.24) is 4.37 Å². The number of benzene rings is 1. The molecule has 0 radical (unpaired) electrons. The molecular weight excluding hydrogens is 282 g/mol. The highest BCUT2D eigenvalue weighted by Gasteiger charge is 2.22. The van der Waals surface area contributed by atoms with E-state index in [-0.39, 0.29) is 6.10 Å². The molecule has 4 nitrogen and oxygen atoms in total. The first-order valence-electron chi connectivity index (χ1n) is 7.38. The van der Waals surface area contributed by atoms with Crippen LogP contribution in [0.2, 0.25) is 0 Å². The number of nitrogens with zero attached hydrogens (tertiary/aromatic N) is 2. The lowest BCUT2D eigenvalue weighted by Crippen LogP contribution is -2.26. The van der Waals surface area contributed by atoms with Gasteiger partial charge in [0.2, 0.25) is 0 Å². The van der Waals surface area contributed by atoms with Crippen LogP contribution >= 0.6 is 11.5 Å². The van der Waals surface area contributed by atoms with Gasteiger partial charge in [-0.25, -0.2) is 0 Å². The van der Waals surface area contributed by atoms with E-state index < -0.39 is 0 Å². The summed E-state index contributed by atoms with van der Waals surface area (Å²) in [5.74, 6) is 1.26. The number of nitrogen functional groups attached to an aromatic ring is 1. The number of rotatable bonds is 3. The first-order valence-corrected chi connectivity index (χ1v) is 8.16. The summed E-state index contributed by atoms with van der Waals surface area (Å²) in [5.41, 5.74) is 8.86. The van der Waals surface area contributed by atoms with Crippen LogP contribution in [-0.4, -0.2) is 23.6 Å². The average molecular weight is 303 g/mol. The molecule has 0 spiro atoms. The van der Waals surface area contributed by atoms with Gasteiger partial charge in [-0.15, -0.1) is 0 Å². The molecule has 2 aromatic rings. The standard InChI is InChI=1S/C16H21N3OS/c1-11(2)20-14-15(17)18-21-16(14)19-9-7-12-5-3-4-6-13(12)8-10-19/h3-6,11H,7-10H2,1-2H3,(H2,17,18). The van der Waals surface area contributed by atoms with Crippen molar-refractivity contribution in [2.24, 2.45) is 0 Å². The molecular formula is C16H21N3OS. The van der Waals surface area contributed by atoms with E-state index in [4.69, 9.17) is 10.5 Å². The molecule has 1 aliphatic heterocycles. The van der Waals surface area contributed by atoms with Gasteiger partial charge in [-0.1, -0.05) is 24.3 Å². The fraction of sp³-hybridized carbons (Fsp3) is 0.438. The lowest BCUT2D eigenvalue weighted by atomic mass is 10.0. The summed E-state index contributed by atoms with van der Waals surface area (Å²) >= 11 is 1.44. The maximum absolute atomic E-state index is 5.97. The van der Waals surface area contributed by atoms with E-state index in [1.807, 2.05) is 13.8 Å². The van der Waals surface area contributed by atoms with Gasteiger partial charge in [0.25, 0.3) is 0 Å². The van der Waals surface area contributed by atoms with Crippen molar-refractivity contribution in [3.05, 3.63) is 35.4 Å². The minimum atomic E-state index is 0.103. The van der Waals surface area contributed by atoms with E-state index in [9.17, 15) is 0 Å². The number of hydrogen-bond acceptors (Lipinski definition) is 5. The molecule has 0 atom stereocenters. The number of fused-ring (bicyclic) bond motifs is 1. The van der Waals surface area contributed by atoms with E-state index in [1.165, 1.54) is 22.7 Å². The van der Waals surface area contributed by atoms with E-state index >= 15 is 0 Å². The van der Waals surface area contributed by atoms with Crippen molar-refractivity contribution in [3.63, 3.8) is 0 Å². The monoisotopic (exact) mass is 303 g/mol. The summed E-state index contributed by atoms with van der Waals surface area (Å²) in [4.78, 5) is 2.35. The number of aromatic nitrogens is 1. The molecule has 1 aliphatic rings. The summed E-state index contributed by atoms with van der Waals surface area (Å²) in [6.07, 6.45) is 2.20. The highest BCUT2D eigenvalue weighted by atomic mass is 32.1. The van der Waals surface area contributed by atoms with Crippen LogP contribution in [-0.2, 0) is 12.8 Å². The highest BCUT2D eigenvalue weighted by Crippen LogP contribution is 2.39. The fourth-order valence-electron chi connectivity index (χ4n) is 2.70. The maximum atomic E-state index is 5.97. The molecule has 1 aromatic heterocycles. The van der Waals surface area contributed by atoms with Crippen LogP contribution in [0.5, 0.6) is 5.75 Å². The molecule has 0 amide bonds. The third-order valence-corrected chi connectivity index (χ3v) is 4.62. The Morgan fingerprint density at radius 3 is 2.38 bits per heavy atom. The van der Waals surface area contributed by atoms with Crippen LogP contribution in [0.3, 0.4) is 0 Å². The molecule has 0 saturated carbocycles. The van der Waals surface area contributed by atoms with Gasteiger partial charge in [0.05, 0.1) is 6.10 Å². The minimum absolute atomic E-state index is 0.103. The van der Waals surface area contributed by atoms with Gasteiger partial charge in [-0.05, 0) is 49.3 Å². The lowest BCUT2D eigenvalue weighted by molar-refractivity contribution is 0.245. The summed E-state index contributed by atoms with van der Waals surface area (Å²) in [6, 6.07) is 8.69. The molecule has 2 heterocycles. The Morgan fingerprint density at radius 1 is 1.19 bits per heavy atom. The van der Waals surface area contributed by atoms with Crippen LogP contribution in [0.15, 0.2) is 24.3 Å². The van der Waals surface area contributed by atoms with Gasteiger partial charge in [0, 0.05) is 13.1 Å². The Hall–Kier alpha value is -1.75. The van der Waals surface area contributed by atoms with Gasteiger partial charge >= 0.3 is 0 Å². The largest absolute Gasteiger partial charge is 0.484 e.